The average Bonchev–Trinajstić information content (AvgIpc) is 2.72. The van der Waals surface area contributed by atoms with E-state index in [4.69, 9.17) is 11.6 Å². The summed E-state index contributed by atoms with van der Waals surface area (Å²) in [5.74, 6) is 0.680. The number of benzene rings is 1. The van der Waals surface area contributed by atoms with E-state index in [-0.39, 0.29) is 0 Å². The number of aromatic nitrogens is 3. The second-order valence-corrected chi connectivity index (χ2v) is 4.86. The molecule has 3 aromatic rings. The van der Waals surface area contributed by atoms with Crippen LogP contribution in [0.5, 0.6) is 0 Å². The summed E-state index contributed by atoms with van der Waals surface area (Å²) in [4.78, 5) is 4.45. The topological polar surface area (TPSA) is 30.2 Å². The van der Waals surface area contributed by atoms with Crippen LogP contribution < -0.4 is 0 Å². The first kappa shape index (κ1) is 10.7. The minimum atomic E-state index is 0.640. The van der Waals surface area contributed by atoms with Crippen LogP contribution in [0.25, 0.3) is 17.0 Å². The monoisotopic (exact) mass is 307 g/mol. The molecule has 0 bridgehead atoms. The molecule has 0 spiro atoms. The maximum Gasteiger partial charge on any atom is 0.183 e. The van der Waals surface area contributed by atoms with Crippen LogP contribution >= 0.6 is 27.5 Å². The quantitative estimate of drug-likeness (QED) is 0.684. The van der Waals surface area contributed by atoms with Crippen molar-refractivity contribution in [3.8, 4) is 11.4 Å². The van der Waals surface area contributed by atoms with Crippen LogP contribution in [-0.2, 0) is 0 Å². The van der Waals surface area contributed by atoms with Gasteiger partial charge in [-0.3, -0.25) is 0 Å². The summed E-state index contributed by atoms with van der Waals surface area (Å²) >= 11 is 9.40. The van der Waals surface area contributed by atoms with Crippen LogP contribution in [0.3, 0.4) is 0 Å². The lowest BCUT2D eigenvalue weighted by molar-refractivity contribution is 0.965. The summed E-state index contributed by atoms with van der Waals surface area (Å²) < 4.78 is 2.65. The van der Waals surface area contributed by atoms with Gasteiger partial charge in [0.25, 0.3) is 0 Å². The zero-order valence-corrected chi connectivity index (χ0v) is 11.0. The van der Waals surface area contributed by atoms with E-state index < -0.39 is 0 Å². The Hall–Kier alpha value is -1.39. The Kier molecular flexibility index (Phi) is 2.61. The first-order valence-electron chi connectivity index (χ1n) is 5.01. The molecule has 3 rings (SSSR count). The molecule has 3 nitrogen and oxygen atoms in total. The van der Waals surface area contributed by atoms with E-state index in [2.05, 4.69) is 26.0 Å². The van der Waals surface area contributed by atoms with Crippen molar-refractivity contribution in [1.82, 2.24) is 14.6 Å². The van der Waals surface area contributed by atoms with Crippen molar-refractivity contribution in [2.75, 3.05) is 0 Å². The van der Waals surface area contributed by atoms with E-state index in [9.17, 15) is 0 Å². The highest BCUT2D eigenvalue weighted by atomic mass is 79.9. The lowest BCUT2D eigenvalue weighted by Gasteiger charge is -1.96. The third-order valence-corrected chi connectivity index (χ3v) is 3.32. The number of pyridine rings is 1. The highest BCUT2D eigenvalue weighted by Gasteiger charge is 2.08. The van der Waals surface area contributed by atoms with Gasteiger partial charge in [0.05, 0.1) is 5.02 Å². The molecule has 0 fully saturated rings. The van der Waals surface area contributed by atoms with Gasteiger partial charge < -0.3 is 0 Å². The zero-order valence-electron chi connectivity index (χ0n) is 8.64. The van der Waals surface area contributed by atoms with Gasteiger partial charge in [0.15, 0.2) is 11.5 Å². The molecular formula is C12H7BrClN3. The van der Waals surface area contributed by atoms with Gasteiger partial charge in [-0.05, 0) is 24.3 Å². The molecule has 0 unspecified atom stereocenters. The molecule has 0 saturated carbocycles. The second-order valence-electron chi connectivity index (χ2n) is 3.57. The Morgan fingerprint density at radius 1 is 1.12 bits per heavy atom. The van der Waals surface area contributed by atoms with Crippen LogP contribution in [0.2, 0.25) is 5.02 Å². The van der Waals surface area contributed by atoms with Gasteiger partial charge in [-0.25, -0.2) is 9.50 Å². The average molecular weight is 309 g/mol. The van der Waals surface area contributed by atoms with Gasteiger partial charge in [-0.2, -0.15) is 0 Å². The molecule has 0 amide bonds. The number of halogens is 2. The van der Waals surface area contributed by atoms with E-state index in [0.29, 0.717) is 10.8 Å². The minimum absolute atomic E-state index is 0.640. The number of nitrogens with zero attached hydrogens (tertiary/aromatic N) is 3. The molecule has 0 N–H and O–H groups in total. The highest BCUT2D eigenvalue weighted by Crippen LogP contribution is 2.25. The molecule has 0 atom stereocenters. The van der Waals surface area contributed by atoms with E-state index in [0.717, 1.165) is 15.7 Å². The first-order valence-corrected chi connectivity index (χ1v) is 6.18. The molecule has 84 valence electrons. The Morgan fingerprint density at radius 2 is 1.94 bits per heavy atom. The Labute approximate surface area is 111 Å². The number of hydrogen-bond donors (Lipinski definition) is 0. The normalized spacial score (nSPS) is 10.9. The maximum absolute atomic E-state index is 5.91. The fourth-order valence-corrected chi connectivity index (χ4v) is 2.23. The molecule has 17 heavy (non-hydrogen) atoms. The van der Waals surface area contributed by atoms with Crippen molar-refractivity contribution >= 4 is 33.2 Å². The van der Waals surface area contributed by atoms with Crippen molar-refractivity contribution in [3.63, 3.8) is 0 Å². The van der Waals surface area contributed by atoms with Gasteiger partial charge in [0.2, 0.25) is 0 Å². The fourth-order valence-electron chi connectivity index (χ4n) is 1.61. The summed E-state index contributed by atoms with van der Waals surface area (Å²) in [5, 5.41) is 5.04. The van der Waals surface area contributed by atoms with Gasteiger partial charge in [0, 0.05) is 16.2 Å². The molecular weight excluding hydrogens is 302 g/mol. The van der Waals surface area contributed by atoms with Crippen molar-refractivity contribution in [1.29, 1.82) is 0 Å². The third-order valence-electron chi connectivity index (χ3n) is 2.41. The van der Waals surface area contributed by atoms with Crippen LogP contribution in [0.15, 0.2) is 47.1 Å². The molecule has 2 aromatic heterocycles. The smallest absolute Gasteiger partial charge is 0.183 e. The Morgan fingerprint density at radius 3 is 2.76 bits per heavy atom. The van der Waals surface area contributed by atoms with Crippen molar-refractivity contribution < 1.29 is 0 Å². The lowest BCUT2D eigenvalue weighted by atomic mass is 10.2. The Bertz CT molecular complexity index is 693. The Balaban J connectivity index is 2.22. The molecule has 0 saturated heterocycles. The first-order chi connectivity index (χ1) is 8.24. The van der Waals surface area contributed by atoms with E-state index in [1.54, 1.807) is 16.8 Å². The highest BCUT2D eigenvalue weighted by molar-refractivity contribution is 9.10. The van der Waals surface area contributed by atoms with Gasteiger partial charge >= 0.3 is 0 Å². The number of fused-ring (bicyclic) bond motifs is 1. The number of hydrogen-bond acceptors (Lipinski definition) is 2. The van der Waals surface area contributed by atoms with Gasteiger partial charge in [-0.1, -0.05) is 39.7 Å². The molecule has 0 radical (unpaired) electrons. The third kappa shape index (κ3) is 1.94. The molecule has 0 aliphatic carbocycles. The van der Waals surface area contributed by atoms with E-state index in [1.807, 2.05) is 30.3 Å². The van der Waals surface area contributed by atoms with Crippen LogP contribution in [0, 0.1) is 0 Å². The summed E-state index contributed by atoms with van der Waals surface area (Å²) in [6, 6.07) is 11.5. The molecule has 1 aromatic carbocycles. The van der Waals surface area contributed by atoms with Crippen molar-refractivity contribution in [2.24, 2.45) is 0 Å². The summed E-state index contributed by atoms with van der Waals surface area (Å²) in [5.41, 5.74) is 1.74. The van der Waals surface area contributed by atoms with Gasteiger partial charge in [-0.15, -0.1) is 5.10 Å². The standard InChI is InChI=1S/C12H7BrClN3/c13-10-4-2-1-3-9(10)12-15-11-6-5-8(14)7-17(11)16-12/h1-7H. The second kappa shape index (κ2) is 4.13. The largest absolute Gasteiger partial charge is 0.219 e. The minimum Gasteiger partial charge on any atom is -0.219 e. The fraction of sp³-hybridized carbons (Fsp3) is 0. The van der Waals surface area contributed by atoms with E-state index >= 15 is 0 Å². The van der Waals surface area contributed by atoms with Crippen LogP contribution in [-0.4, -0.2) is 14.6 Å². The lowest BCUT2D eigenvalue weighted by Crippen LogP contribution is -1.86. The zero-order chi connectivity index (χ0) is 11.8. The summed E-state index contributed by atoms with van der Waals surface area (Å²) in [6.07, 6.45) is 1.74. The predicted molar refractivity (Wildman–Crippen MR) is 71.1 cm³/mol. The molecule has 5 heteroatoms. The van der Waals surface area contributed by atoms with Crippen LogP contribution in [0.4, 0.5) is 0 Å². The van der Waals surface area contributed by atoms with Crippen LogP contribution in [0.1, 0.15) is 0 Å². The van der Waals surface area contributed by atoms with Crippen molar-refractivity contribution in [2.45, 2.75) is 0 Å². The SMILES string of the molecule is Clc1ccc2nc(-c3ccccc3Br)nn2c1. The van der Waals surface area contributed by atoms with Gasteiger partial charge in [0.1, 0.15) is 0 Å². The maximum atomic E-state index is 5.91. The molecule has 0 aliphatic heterocycles. The molecule has 0 aliphatic rings. The van der Waals surface area contributed by atoms with Crippen molar-refractivity contribution in [3.05, 3.63) is 52.1 Å². The van der Waals surface area contributed by atoms with E-state index in [1.165, 1.54) is 0 Å². The summed E-state index contributed by atoms with van der Waals surface area (Å²) in [6.45, 7) is 0. The predicted octanol–water partition coefficient (Wildman–Crippen LogP) is 3.81. The summed E-state index contributed by atoms with van der Waals surface area (Å²) in [7, 11) is 0. The molecule has 2 heterocycles. The number of rotatable bonds is 1.